The monoisotopic (exact) mass is 340 g/mol. The Balaban J connectivity index is 1.39. The van der Waals surface area contributed by atoms with Crippen molar-refractivity contribution in [2.45, 2.75) is 109 Å². The van der Waals surface area contributed by atoms with Gasteiger partial charge in [0.2, 0.25) is 0 Å². The van der Waals surface area contributed by atoms with Gasteiger partial charge in [-0.15, -0.1) is 0 Å². The maximum Gasteiger partial charge on any atom is 0.342 e. The summed E-state index contributed by atoms with van der Waals surface area (Å²) in [6.07, 6.45) is 14.6. The van der Waals surface area contributed by atoms with E-state index in [1.165, 1.54) is 19.3 Å². The Bertz CT molecular complexity index is 370. The van der Waals surface area contributed by atoms with Gasteiger partial charge in [-0.2, -0.15) is 4.89 Å². The molecule has 2 saturated carbocycles. The lowest BCUT2D eigenvalue weighted by Crippen LogP contribution is -2.20. The first kappa shape index (κ1) is 19.2. The van der Waals surface area contributed by atoms with Gasteiger partial charge in [-0.1, -0.05) is 32.1 Å². The Morgan fingerprint density at radius 3 is 1.88 bits per heavy atom. The van der Waals surface area contributed by atoms with Gasteiger partial charge in [-0.3, -0.25) is 9.68 Å². The van der Waals surface area contributed by atoms with Crippen LogP contribution >= 0.6 is 0 Å². The van der Waals surface area contributed by atoms with E-state index in [1.807, 2.05) is 0 Å². The molecule has 0 unspecified atom stereocenters. The zero-order chi connectivity index (χ0) is 17.0. The number of carbonyl (C=O) groups is 2. The van der Waals surface area contributed by atoms with Crippen LogP contribution < -0.4 is 0 Å². The number of ether oxygens (including phenoxy) is 1. The highest BCUT2D eigenvalue weighted by Crippen LogP contribution is 2.22. The average Bonchev–Trinajstić information content (AvgIpc) is 3.10. The zero-order valence-corrected chi connectivity index (χ0v) is 14.8. The molecule has 2 fully saturated rings. The van der Waals surface area contributed by atoms with E-state index in [1.54, 1.807) is 0 Å². The van der Waals surface area contributed by atoms with Gasteiger partial charge in [0.1, 0.15) is 12.2 Å². The smallest absolute Gasteiger partial charge is 0.342 e. The van der Waals surface area contributed by atoms with Crippen molar-refractivity contribution < 1.29 is 24.1 Å². The van der Waals surface area contributed by atoms with Crippen LogP contribution in [0.1, 0.15) is 96.3 Å². The Labute approximate surface area is 145 Å². The fourth-order valence-electron chi connectivity index (χ4n) is 3.47. The fourth-order valence-corrected chi connectivity index (χ4v) is 3.47. The van der Waals surface area contributed by atoms with Crippen LogP contribution in [0.15, 0.2) is 0 Å². The molecule has 0 heterocycles. The Kier molecular flexibility index (Phi) is 9.18. The van der Waals surface area contributed by atoms with Crippen LogP contribution in [0.4, 0.5) is 0 Å². The van der Waals surface area contributed by atoms with Crippen molar-refractivity contribution in [1.82, 2.24) is 0 Å². The van der Waals surface area contributed by atoms with Gasteiger partial charge in [-0.25, -0.2) is 4.79 Å². The quantitative estimate of drug-likeness (QED) is 0.251. The molecular weight excluding hydrogens is 308 g/mol. The number of rotatable bonds is 10. The number of hydrogen-bond donors (Lipinski definition) is 0. The highest BCUT2D eigenvalue weighted by molar-refractivity contribution is 5.69. The van der Waals surface area contributed by atoms with Gasteiger partial charge in [-0.05, 0) is 51.4 Å². The molecule has 5 heteroatoms. The minimum Gasteiger partial charge on any atom is -0.462 e. The second-order valence-corrected chi connectivity index (χ2v) is 7.12. The lowest BCUT2D eigenvalue weighted by Gasteiger charge is -2.21. The van der Waals surface area contributed by atoms with E-state index in [9.17, 15) is 9.59 Å². The van der Waals surface area contributed by atoms with E-state index in [0.717, 1.165) is 64.2 Å². The topological polar surface area (TPSA) is 61.8 Å². The van der Waals surface area contributed by atoms with Gasteiger partial charge >= 0.3 is 11.9 Å². The predicted octanol–water partition coefficient (Wildman–Crippen LogP) is 4.62. The van der Waals surface area contributed by atoms with Gasteiger partial charge in [0.15, 0.2) is 0 Å². The molecule has 138 valence electrons. The normalized spacial score (nSPS) is 19.3. The first-order valence-corrected chi connectivity index (χ1v) is 9.79. The number of hydrogen-bond acceptors (Lipinski definition) is 5. The van der Waals surface area contributed by atoms with E-state index in [4.69, 9.17) is 14.5 Å². The van der Waals surface area contributed by atoms with Gasteiger partial charge in [0.05, 0.1) is 0 Å². The molecular formula is C19H32O5. The van der Waals surface area contributed by atoms with Crippen LogP contribution in [0.5, 0.6) is 0 Å². The van der Waals surface area contributed by atoms with Crippen molar-refractivity contribution in [2.75, 3.05) is 0 Å². The van der Waals surface area contributed by atoms with Crippen LogP contribution in [-0.2, 0) is 24.1 Å². The summed E-state index contributed by atoms with van der Waals surface area (Å²) in [6.45, 7) is 0. The lowest BCUT2D eigenvalue weighted by molar-refractivity contribution is -0.296. The molecule has 0 aliphatic heterocycles. The molecule has 0 spiro atoms. The third kappa shape index (κ3) is 8.13. The average molecular weight is 340 g/mol. The molecule has 0 aromatic carbocycles. The van der Waals surface area contributed by atoms with Crippen LogP contribution in [0.2, 0.25) is 0 Å². The highest BCUT2D eigenvalue weighted by atomic mass is 17.2. The maximum absolute atomic E-state index is 11.8. The molecule has 2 aliphatic carbocycles. The number of carbonyl (C=O) groups excluding carboxylic acids is 2. The SMILES string of the molecule is O=C(CCCCCCC(=O)OC1CCCCC1)OOC1CCCC1. The van der Waals surface area contributed by atoms with Gasteiger partial charge in [0.25, 0.3) is 0 Å². The summed E-state index contributed by atoms with van der Waals surface area (Å²) in [5.74, 6) is -0.343. The summed E-state index contributed by atoms with van der Waals surface area (Å²) in [7, 11) is 0. The predicted molar refractivity (Wildman–Crippen MR) is 90.1 cm³/mol. The summed E-state index contributed by atoms with van der Waals surface area (Å²) in [5, 5.41) is 0. The summed E-state index contributed by atoms with van der Waals surface area (Å²) in [4.78, 5) is 33.3. The standard InChI is InChI=1S/C19H32O5/c20-18(22-16-10-4-3-5-11-16)14-6-1-2-7-15-19(21)24-23-17-12-8-9-13-17/h16-17H,1-15H2. The molecule has 0 radical (unpaired) electrons. The van der Waals surface area contributed by atoms with E-state index >= 15 is 0 Å². The Morgan fingerprint density at radius 2 is 1.21 bits per heavy atom. The van der Waals surface area contributed by atoms with Crippen molar-refractivity contribution in [3.8, 4) is 0 Å². The minimum absolute atomic E-state index is 0.0636. The minimum atomic E-state index is -0.279. The van der Waals surface area contributed by atoms with Crippen molar-refractivity contribution in [3.63, 3.8) is 0 Å². The summed E-state index contributed by atoms with van der Waals surface area (Å²) in [6, 6.07) is 0. The first-order valence-electron chi connectivity index (χ1n) is 9.79. The third-order valence-corrected chi connectivity index (χ3v) is 4.94. The Morgan fingerprint density at radius 1 is 0.667 bits per heavy atom. The van der Waals surface area contributed by atoms with Crippen molar-refractivity contribution >= 4 is 11.9 Å². The molecule has 0 aromatic rings. The van der Waals surface area contributed by atoms with E-state index in [2.05, 4.69) is 0 Å². The molecule has 0 N–H and O–H groups in total. The molecule has 2 aliphatic rings. The maximum atomic E-state index is 11.8. The van der Waals surface area contributed by atoms with E-state index < -0.39 is 0 Å². The first-order chi connectivity index (χ1) is 11.7. The summed E-state index contributed by atoms with van der Waals surface area (Å²) in [5.41, 5.74) is 0. The molecule has 2 rings (SSSR count). The van der Waals surface area contributed by atoms with Crippen molar-refractivity contribution in [3.05, 3.63) is 0 Å². The molecule has 0 aromatic heterocycles. The lowest BCUT2D eigenvalue weighted by atomic mass is 9.98. The molecule has 0 amide bonds. The zero-order valence-electron chi connectivity index (χ0n) is 14.8. The van der Waals surface area contributed by atoms with Crippen molar-refractivity contribution in [1.29, 1.82) is 0 Å². The van der Waals surface area contributed by atoms with E-state index in [0.29, 0.717) is 12.8 Å². The summed E-state index contributed by atoms with van der Waals surface area (Å²) < 4.78 is 5.49. The summed E-state index contributed by atoms with van der Waals surface area (Å²) >= 11 is 0. The molecule has 0 saturated heterocycles. The van der Waals surface area contributed by atoms with Crippen LogP contribution in [0, 0.1) is 0 Å². The number of unbranched alkanes of at least 4 members (excludes halogenated alkanes) is 3. The molecule has 0 atom stereocenters. The van der Waals surface area contributed by atoms with Crippen LogP contribution in [0.3, 0.4) is 0 Å². The second kappa shape index (κ2) is 11.5. The Hall–Kier alpha value is -1.10. The third-order valence-electron chi connectivity index (χ3n) is 4.94. The van der Waals surface area contributed by atoms with Gasteiger partial charge in [0, 0.05) is 12.8 Å². The van der Waals surface area contributed by atoms with E-state index in [-0.39, 0.29) is 24.1 Å². The molecule has 24 heavy (non-hydrogen) atoms. The number of esters is 1. The van der Waals surface area contributed by atoms with Crippen molar-refractivity contribution in [2.24, 2.45) is 0 Å². The van der Waals surface area contributed by atoms with Crippen LogP contribution in [-0.4, -0.2) is 24.1 Å². The van der Waals surface area contributed by atoms with Gasteiger partial charge < -0.3 is 4.74 Å². The highest BCUT2D eigenvalue weighted by Gasteiger charge is 2.19. The second-order valence-electron chi connectivity index (χ2n) is 7.12. The molecule has 5 nitrogen and oxygen atoms in total. The molecule has 0 bridgehead atoms. The largest absolute Gasteiger partial charge is 0.462 e. The fraction of sp³-hybridized carbons (Fsp3) is 0.895. The van der Waals surface area contributed by atoms with Crippen LogP contribution in [0.25, 0.3) is 0 Å².